The normalized spacial score (nSPS) is 15.5. The molecule has 1 aromatic heterocycles. The highest BCUT2D eigenvalue weighted by atomic mass is 16.2. The molecule has 1 aliphatic heterocycles. The number of hydrogen-bond donors (Lipinski definition) is 2. The molecule has 3 aromatic rings. The molecule has 0 saturated carbocycles. The smallest absolute Gasteiger partial charge is 0.229 e. The van der Waals surface area contributed by atoms with E-state index in [1.165, 1.54) is 6.33 Å². The molecule has 0 spiro atoms. The molecule has 2 aromatic carbocycles. The summed E-state index contributed by atoms with van der Waals surface area (Å²) in [5.41, 5.74) is 6.60. The Balaban J connectivity index is 1.52. The average Bonchev–Trinajstić information content (AvgIpc) is 3.20. The number of amides is 2. The van der Waals surface area contributed by atoms with Gasteiger partial charge in [0.15, 0.2) is 0 Å². The van der Waals surface area contributed by atoms with Gasteiger partial charge < -0.3 is 15.5 Å². The van der Waals surface area contributed by atoms with Gasteiger partial charge in [-0.3, -0.25) is 9.59 Å². The van der Waals surface area contributed by atoms with Crippen molar-refractivity contribution in [3.05, 3.63) is 71.2 Å². The zero-order valence-electron chi connectivity index (χ0n) is 20.2. The van der Waals surface area contributed by atoms with Crippen LogP contribution in [0.15, 0.2) is 48.8 Å². The summed E-state index contributed by atoms with van der Waals surface area (Å²) in [6.45, 7) is 8.45. The zero-order valence-corrected chi connectivity index (χ0v) is 20.2. The summed E-state index contributed by atoms with van der Waals surface area (Å²) in [5, 5.41) is 6.36. The first-order valence-corrected chi connectivity index (χ1v) is 11.8. The fourth-order valence-electron chi connectivity index (χ4n) is 4.48. The van der Waals surface area contributed by atoms with Crippen LogP contribution < -0.4 is 15.5 Å². The third-order valence-electron chi connectivity index (χ3n) is 6.29. The second-order valence-electron chi connectivity index (χ2n) is 8.73. The van der Waals surface area contributed by atoms with Crippen molar-refractivity contribution in [1.29, 1.82) is 0 Å². The van der Waals surface area contributed by atoms with Crippen molar-refractivity contribution in [1.82, 2.24) is 9.97 Å². The Morgan fingerprint density at radius 3 is 2.59 bits per heavy atom. The molecule has 2 heterocycles. The van der Waals surface area contributed by atoms with E-state index in [1.807, 2.05) is 56.3 Å². The predicted molar refractivity (Wildman–Crippen MR) is 136 cm³/mol. The summed E-state index contributed by atoms with van der Waals surface area (Å²) >= 11 is 0. The Morgan fingerprint density at radius 1 is 1.06 bits per heavy atom. The number of carbonyl (C=O) groups is 2. The first-order chi connectivity index (χ1) is 16.4. The molecule has 0 bridgehead atoms. The maximum absolute atomic E-state index is 13.2. The Labute approximate surface area is 200 Å². The van der Waals surface area contributed by atoms with Crippen molar-refractivity contribution in [3.8, 4) is 0 Å². The van der Waals surface area contributed by atoms with Crippen LogP contribution in [0.3, 0.4) is 0 Å². The van der Waals surface area contributed by atoms with Crippen molar-refractivity contribution in [2.24, 2.45) is 5.92 Å². The van der Waals surface area contributed by atoms with E-state index >= 15 is 0 Å². The lowest BCUT2D eigenvalue weighted by atomic mass is 10.0. The van der Waals surface area contributed by atoms with Crippen LogP contribution in [-0.2, 0) is 22.4 Å². The van der Waals surface area contributed by atoms with Crippen LogP contribution in [0, 0.1) is 19.8 Å². The lowest BCUT2D eigenvalue weighted by molar-refractivity contribution is -0.122. The van der Waals surface area contributed by atoms with Gasteiger partial charge in [-0.1, -0.05) is 38.1 Å². The minimum absolute atomic E-state index is 0.00517. The van der Waals surface area contributed by atoms with Gasteiger partial charge in [0, 0.05) is 41.8 Å². The number of para-hydroxylation sites is 1. The summed E-state index contributed by atoms with van der Waals surface area (Å²) in [6, 6.07) is 13.8. The Morgan fingerprint density at radius 2 is 1.85 bits per heavy atom. The molecule has 4 rings (SSSR count). The Kier molecular flexibility index (Phi) is 6.91. The summed E-state index contributed by atoms with van der Waals surface area (Å²) in [7, 11) is 0. The second kappa shape index (κ2) is 10.0. The summed E-state index contributed by atoms with van der Waals surface area (Å²) < 4.78 is 0. The Hall–Kier alpha value is -3.74. The van der Waals surface area contributed by atoms with Gasteiger partial charge in [-0.2, -0.15) is 0 Å². The number of aromatic nitrogens is 2. The van der Waals surface area contributed by atoms with Crippen molar-refractivity contribution in [2.75, 3.05) is 22.1 Å². The topological polar surface area (TPSA) is 87.2 Å². The van der Waals surface area contributed by atoms with Crippen LogP contribution in [0.25, 0.3) is 0 Å². The van der Waals surface area contributed by atoms with Crippen LogP contribution >= 0.6 is 0 Å². The highest BCUT2D eigenvalue weighted by Crippen LogP contribution is 2.32. The number of hydrogen-bond acceptors (Lipinski definition) is 5. The quantitative estimate of drug-likeness (QED) is 0.524. The largest absolute Gasteiger partial charge is 0.340 e. The van der Waals surface area contributed by atoms with E-state index in [2.05, 4.69) is 34.4 Å². The molecule has 1 atom stereocenters. The summed E-state index contributed by atoms with van der Waals surface area (Å²) in [5.74, 6) is 0.153. The van der Waals surface area contributed by atoms with Gasteiger partial charge in [0.2, 0.25) is 11.8 Å². The third kappa shape index (κ3) is 4.93. The van der Waals surface area contributed by atoms with Crippen molar-refractivity contribution < 1.29 is 9.59 Å². The van der Waals surface area contributed by atoms with Crippen molar-refractivity contribution in [2.45, 2.75) is 47.0 Å². The maximum atomic E-state index is 13.2. The number of benzene rings is 2. The molecule has 1 aliphatic rings. The molecular formula is C27H31N5O2. The van der Waals surface area contributed by atoms with E-state index < -0.39 is 5.92 Å². The van der Waals surface area contributed by atoms with Gasteiger partial charge >= 0.3 is 0 Å². The third-order valence-corrected chi connectivity index (χ3v) is 6.29. The van der Waals surface area contributed by atoms with Gasteiger partial charge in [0.05, 0.1) is 5.92 Å². The first kappa shape index (κ1) is 23.4. The fraction of sp³-hybridized carbons (Fsp3) is 0.333. The van der Waals surface area contributed by atoms with Crippen LogP contribution in [0.2, 0.25) is 0 Å². The van der Waals surface area contributed by atoms with Crippen LogP contribution in [0.5, 0.6) is 0 Å². The van der Waals surface area contributed by atoms with E-state index in [4.69, 9.17) is 0 Å². The van der Waals surface area contributed by atoms with Crippen molar-refractivity contribution >= 4 is 34.7 Å². The number of nitrogens with one attached hydrogen (secondary N) is 2. The number of aryl methyl sites for hydroxylation is 4. The monoisotopic (exact) mass is 457 g/mol. The Bertz CT molecular complexity index is 1220. The molecule has 2 amide bonds. The highest BCUT2D eigenvalue weighted by molar-refractivity contribution is 6.04. The SMILES string of the molecule is CCc1ccc(Nc2cc(C)ncn2)cc1NC(=O)C1CC(=O)N(c2c(C)cccc2CC)C1. The highest BCUT2D eigenvalue weighted by Gasteiger charge is 2.36. The van der Waals surface area contributed by atoms with E-state index in [9.17, 15) is 9.59 Å². The standard InChI is InChI=1S/C27H31N5O2/c1-5-19-10-11-22(30-24-12-18(4)28-16-29-24)14-23(19)31-27(34)21-13-25(33)32(15-21)26-17(3)8-7-9-20(26)6-2/h7-12,14,16,21H,5-6,13,15H2,1-4H3,(H,31,34)(H,28,29,30). The number of anilines is 4. The van der Waals surface area contributed by atoms with E-state index in [0.29, 0.717) is 12.4 Å². The molecular weight excluding hydrogens is 426 g/mol. The lowest BCUT2D eigenvalue weighted by Gasteiger charge is -2.22. The fourth-order valence-corrected chi connectivity index (χ4v) is 4.48. The first-order valence-electron chi connectivity index (χ1n) is 11.8. The van der Waals surface area contributed by atoms with E-state index in [0.717, 1.165) is 52.3 Å². The summed E-state index contributed by atoms with van der Waals surface area (Å²) in [6.07, 6.45) is 3.34. The number of carbonyl (C=O) groups excluding carboxylic acids is 2. The molecule has 1 saturated heterocycles. The summed E-state index contributed by atoms with van der Waals surface area (Å²) in [4.78, 5) is 36.3. The van der Waals surface area contributed by atoms with E-state index in [1.54, 1.807) is 4.90 Å². The second-order valence-corrected chi connectivity index (χ2v) is 8.73. The molecule has 7 nitrogen and oxygen atoms in total. The minimum Gasteiger partial charge on any atom is -0.340 e. The molecule has 2 N–H and O–H groups in total. The number of nitrogens with zero attached hydrogens (tertiary/aromatic N) is 3. The van der Waals surface area contributed by atoms with Crippen LogP contribution in [0.1, 0.15) is 42.7 Å². The lowest BCUT2D eigenvalue weighted by Crippen LogP contribution is -2.29. The molecule has 0 radical (unpaired) electrons. The minimum atomic E-state index is -0.400. The van der Waals surface area contributed by atoms with Gasteiger partial charge in [0.25, 0.3) is 0 Å². The zero-order chi connectivity index (χ0) is 24.2. The van der Waals surface area contributed by atoms with Crippen LogP contribution in [-0.4, -0.2) is 28.3 Å². The van der Waals surface area contributed by atoms with Crippen molar-refractivity contribution in [3.63, 3.8) is 0 Å². The van der Waals surface area contributed by atoms with Gasteiger partial charge in [0.1, 0.15) is 12.1 Å². The average molecular weight is 458 g/mol. The predicted octanol–water partition coefficient (Wildman–Crippen LogP) is 4.95. The van der Waals surface area contributed by atoms with Gasteiger partial charge in [-0.15, -0.1) is 0 Å². The molecule has 1 fully saturated rings. The molecule has 7 heteroatoms. The molecule has 176 valence electrons. The van der Waals surface area contributed by atoms with Gasteiger partial charge in [-0.25, -0.2) is 9.97 Å². The molecule has 0 aliphatic carbocycles. The van der Waals surface area contributed by atoms with Crippen LogP contribution in [0.4, 0.5) is 22.9 Å². The van der Waals surface area contributed by atoms with Gasteiger partial charge in [-0.05, 0) is 55.5 Å². The van der Waals surface area contributed by atoms with E-state index in [-0.39, 0.29) is 18.2 Å². The molecule has 1 unspecified atom stereocenters. The molecule has 34 heavy (non-hydrogen) atoms. The maximum Gasteiger partial charge on any atom is 0.229 e. The number of rotatable bonds is 7.